The molecule has 0 atom stereocenters. The Hall–Kier alpha value is 0.622. The van der Waals surface area contributed by atoms with Gasteiger partial charge < -0.3 is 12.5 Å². The van der Waals surface area contributed by atoms with E-state index in [1.165, 1.54) is 0 Å². The van der Waals surface area contributed by atoms with E-state index < -0.39 is 0 Å². The standard InChI is InChI=1S/C2H6O.CH3.Pd/c1-2-3;;/h3H,2H2,1H3;1H3;/q;-1;. The van der Waals surface area contributed by atoms with Crippen LogP contribution in [0.2, 0.25) is 0 Å². The maximum absolute atomic E-state index is 7.57. The molecule has 0 rings (SSSR count). The monoisotopic (exact) mass is 167 g/mol. The van der Waals surface area contributed by atoms with E-state index in [9.17, 15) is 0 Å². The minimum Gasteiger partial charge on any atom is -0.397 e. The second kappa shape index (κ2) is 23.0. The van der Waals surface area contributed by atoms with E-state index in [0.29, 0.717) is 0 Å². The third-order valence-corrected chi connectivity index (χ3v) is 0. The number of rotatable bonds is 0. The van der Waals surface area contributed by atoms with Crippen LogP contribution in [-0.2, 0) is 20.4 Å². The van der Waals surface area contributed by atoms with Crippen molar-refractivity contribution in [3.63, 3.8) is 0 Å². The largest absolute Gasteiger partial charge is 0.397 e. The molecule has 0 bridgehead atoms. The first kappa shape index (κ1) is 17.5. The molecule has 0 heterocycles. The van der Waals surface area contributed by atoms with Crippen molar-refractivity contribution in [1.82, 2.24) is 0 Å². The van der Waals surface area contributed by atoms with Crippen LogP contribution in [-0.4, -0.2) is 11.7 Å². The second-order valence-corrected chi connectivity index (χ2v) is 0.316. The zero-order chi connectivity index (χ0) is 2.71. The van der Waals surface area contributed by atoms with Crippen LogP contribution in [0.1, 0.15) is 6.92 Å². The third-order valence-electron chi connectivity index (χ3n) is 0. The normalized spacial score (nSPS) is 3.60. The van der Waals surface area contributed by atoms with Gasteiger partial charge in [-0.05, 0) is 6.92 Å². The van der Waals surface area contributed by atoms with Crippen molar-refractivity contribution in [2.45, 2.75) is 6.92 Å². The molecule has 0 aliphatic heterocycles. The molecule has 0 spiro atoms. The average Bonchev–Trinajstić information content (AvgIpc) is 0.918. The Morgan fingerprint density at radius 2 is 1.60 bits per heavy atom. The van der Waals surface area contributed by atoms with Crippen molar-refractivity contribution in [3.8, 4) is 0 Å². The van der Waals surface area contributed by atoms with Gasteiger partial charge in [0.15, 0.2) is 0 Å². The molecule has 1 nitrogen and oxygen atoms in total. The molecular weight excluding hydrogens is 158 g/mol. The first-order valence-corrected chi connectivity index (χ1v) is 1.02. The summed E-state index contributed by atoms with van der Waals surface area (Å²) in [6.45, 7) is 1.93. The van der Waals surface area contributed by atoms with Gasteiger partial charge in [-0.2, -0.15) is 0 Å². The Bertz CT molecular complexity index is 6.85. The molecule has 0 aliphatic carbocycles. The quantitative estimate of drug-likeness (QED) is 0.410. The van der Waals surface area contributed by atoms with E-state index in [1.807, 2.05) is 0 Å². The summed E-state index contributed by atoms with van der Waals surface area (Å²) >= 11 is 0. The summed E-state index contributed by atoms with van der Waals surface area (Å²) in [7, 11) is 0. The average molecular weight is 168 g/mol. The van der Waals surface area contributed by atoms with Crippen molar-refractivity contribution in [2.24, 2.45) is 0 Å². The second-order valence-electron chi connectivity index (χ2n) is 0.316. The van der Waals surface area contributed by atoms with Crippen LogP contribution in [0.3, 0.4) is 0 Å². The van der Waals surface area contributed by atoms with Gasteiger partial charge in [-0.25, -0.2) is 0 Å². The SMILES string of the molecule is CCO.[CH3-].[Pd]. The fraction of sp³-hybridized carbons (Fsp3) is 0.667. The molecule has 0 aliphatic rings. The minimum absolute atomic E-state index is 0. The Balaban J connectivity index is -0.0000000200. The van der Waals surface area contributed by atoms with Gasteiger partial charge in [-0.15, -0.1) is 0 Å². The number of hydrogen-bond donors (Lipinski definition) is 1. The van der Waals surface area contributed by atoms with Crippen molar-refractivity contribution in [3.05, 3.63) is 7.43 Å². The molecule has 0 unspecified atom stereocenters. The molecule has 2 heteroatoms. The van der Waals surface area contributed by atoms with E-state index in [2.05, 4.69) is 0 Å². The predicted molar refractivity (Wildman–Crippen MR) is 19.2 cm³/mol. The van der Waals surface area contributed by atoms with Gasteiger partial charge in [-0.1, -0.05) is 0 Å². The van der Waals surface area contributed by atoms with E-state index in [-0.39, 0.29) is 34.5 Å². The zero-order valence-corrected chi connectivity index (χ0v) is 5.03. The molecular formula is C3H9OPd-. The van der Waals surface area contributed by atoms with E-state index in [0.717, 1.165) is 0 Å². The third kappa shape index (κ3) is 82.1. The van der Waals surface area contributed by atoms with Crippen molar-refractivity contribution >= 4 is 0 Å². The predicted octanol–water partition coefficient (Wildman–Crippen LogP) is 0.446. The number of hydrogen-bond acceptors (Lipinski definition) is 1. The summed E-state index contributed by atoms with van der Waals surface area (Å²) in [6, 6.07) is 0. The fourth-order valence-corrected chi connectivity index (χ4v) is 0. The topological polar surface area (TPSA) is 20.2 Å². The molecule has 38 valence electrons. The van der Waals surface area contributed by atoms with Crippen molar-refractivity contribution < 1.29 is 25.5 Å². The number of aliphatic hydroxyl groups is 1. The Kier molecular flexibility index (Phi) is 80.5. The smallest absolute Gasteiger partial charge is 0.0402 e. The van der Waals surface area contributed by atoms with Crippen molar-refractivity contribution in [2.75, 3.05) is 6.61 Å². The molecule has 0 radical (unpaired) electrons. The summed E-state index contributed by atoms with van der Waals surface area (Å²) in [4.78, 5) is 0. The first-order chi connectivity index (χ1) is 1.41. The molecule has 1 N–H and O–H groups in total. The van der Waals surface area contributed by atoms with Gasteiger partial charge in [0.05, 0.1) is 0 Å². The fourth-order valence-electron chi connectivity index (χ4n) is 0. The van der Waals surface area contributed by atoms with Crippen molar-refractivity contribution in [1.29, 1.82) is 0 Å². The molecule has 0 fully saturated rings. The number of aliphatic hydroxyl groups excluding tert-OH is 1. The molecule has 0 saturated heterocycles. The first-order valence-electron chi connectivity index (χ1n) is 1.02. The molecule has 0 aromatic heterocycles. The molecule has 0 saturated carbocycles. The van der Waals surface area contributed by atoms with Crippen LogP contribution < -0.4 is 0 Å². The van der Waals surface area contributed by atoms with E-state index in [1.54, 1.807) is 6.92 Å². The van der Waals surface area contributed by atoms with Crippen LogP contribution in [0.4, 0.5) is 0 Å². The molecule has 0 amide bonds. The van der Waals surface area contributed by atoms with Gasteiger partial charge in [0.1, 0.15) is 0 Å². The zero-order valence-electron chi connectivity index (χ0n) is 3.47. The summed E-state index contributed by atoms with van der Waals surface area (Å²) < 4.78 is 0. The molecule has 5 heavy (non-hydrogen) atoms. The van der Waals surface area contributed by atoms with E-state index in [4.69, 9.17) is 5.11 Å². The summed E-state index contributed by atoms with van der Waals surface area (Å²) in [5, 5.41) is 7.57. The van der Waals surface area contributed by atoms with Gasteiger partial charge in [0.25, 0.3) is 0 Å². The Morgan fingerprint density at radius 1 is 1.60 bits per heavy atom. The van der Waals surface area contributed by atoms with Gasteiger partial charge in [-0.3, -0.25) is 0 Å². The van der Waals surface area contributed by atoms with Crippen LogP contribution in [0.15, 0.2) is 0 Å². The van der Waals surface area contributed by atoms with Crippen LogP contribution >= 0.6 is 0 Å². The Morgan fingerprint density at radius 3 is 1.60 bits per heavy atom. The molecule has 0 aromatic carbocycles. The van der Waals surface area contributed by atoms with Gasteiger partial charge in [0, 0.05) is 27.0 Å². The summed E-state index contributed by atoms with van der Waals surface area (Å²) in [5.74, 6) is 0. The molecule has 0 aromatic rings. The summed E-state index contributed by atoms with van der Waals surface area (Å²) in [5.41, 5.74) is 0. The van der Waals surface area contributed by atoms with Gasteiger partial charge >= 0.3 is 0 Å². The van der Waals surface area contributed by atoms with Crippen LogP contribution in [0.25, 0.3) is 0 Å². The summed E-state index contributed by atoms with van der Waals surface area (Å²) in [6.07, 6.45) is 0. The minimum atomic E-state index is 0. The maximum Gasteiger partial charge on any atom is 0.0402 e. The van der Waals surface area contributed by atoms with Gasteiger partial charge in [0.2, 0.25) is 0 Å². The van der Waals surface area contributed by atoms with E-state index >= 15 is 0 Å². The van der Waals surface area contributed by atoms with Crippen LogP contribution in [0, 0.1) is 7.43 Å². The van der Waals surface area contributed by atoms with Crippen LogP contribution in [0.5, 0.6) is 0 Å². The maximum atomic E-state index is 7.57. The Labute approximate surface area is 47.0 Å².